The van der Waals surface area contributed by atoms with Crippen LogP contribution in [0.1, 0.15) is 23.6 Å². The first kappa shape index (κ1) is 17.0. The second kappa shape index (κ2) is 6.96. The van der Waals surface area contributed by atoms with Gasteiger partial charge in [0.05, 0.1) is 25.3 Å². The highest BCUT2D eigenvalue weighted by Gasteiger charge is 2.44. The minimum absolute atomic E-state index is 0.0253. The molecule has 2 atom stereocenters. The van der Waals surface area contributed by atoms with Gasteiger partial charge >= 0.3 is 5.97 Å². The maximum absolute atomic E-state index is 12.4. The standard InChI is InChI=1S/C18H21N3O4/c1-20-11-13(10-19-20)17-15(18(23)24)9-16(22)21(17)8-7-12-3-5-14(25-2)6-4-12/h3-6,10-11,15,17H,7-9H2,1-2H3,(H,23,24)/t15-,17+/m0/s1. The van der Waals surface area contributed by atoms with Crippen molar-refractivity contribution in [1.29, 1.82) is 0 Å². The molecule has 0 aliphatic carbocycles. The number of nitrogens with zero attached hydrogens (tertiary/aromatic N) is 3. The predicted octanol–water partition coefficient (Wildman–Crippen LogP) is 1.65. The summed E-state index contributed by atoms with van der Waals surface area (Å²) in [5, 5.41) is 13.6. The number of aryl methyl sites for hydroxylation is 1. The van der Waals surface area contributed by atoms with Crippen molar-refractivity contribution in [2.45, 2.75) is 18.9 Å². The van der Waals surface area contributed by atoms with Crippen LogP contribution in [0.25, 0.3) is 0 Å². The molecule has 0 spiro atoms. The van der Waals surface area contributed by atoms with E-state index in [1.54, 1.807) is 36.1 Å². The normalized spacial score (nSPS) is 20.1. The van der Waals surface area contributed by atoms with Crippen LogP contribution in [-0.2, 0) is 23.1 Å². The van der Waals surface area contributed by atoms with Gasteiger partial charge in [-0.05, 0) is 24.1 Å². The van der Waals surface area contributed by atoms with Crippen molar-refractivity contribution < 1.29 is 19.4 Å². The van der Waals surface area contributed by atoms with Gasteiger partial charge in [-0.2, -0.15) is 5.10 Å². The van der Waals surface area contributed by atoms with Crippen LogP contribution in [0.2, 0.25) is 0 Å². The van der Waals surface area contributed by atoms with Gasteiger partial charge in [0.15, 0.2) is 0 Å². The Labute approximate surface area is 145 Å². The molecule has 0 saturated carbocycles. The van der Waals surface area contributed by atoms with E-state index in [2.05, 4.69) is 5.10 Å². The second-order valence-corrected chi connectivity index (χ2v) is 6.23. The van der Waals surface area contributed by atoms with Gasteiger partial charge in [0, 0.05) is 31.8 Å². The molecule has 1 aromatic carbocycles. The Hall–Kier alpha value is -2.83. The molecule has 132 valence electrons. The summed E-state index contributed by atoms with van der Waals surface area (Å²) in [6, 6.07) is 7.18. The van der Waals surface area contributed by atoms with Crippen molar-refractivity contribution >= 4 is 11.9 Å². The van der Waals surface area contributed by atoms with E-state index < -0.39 is 17.9 Å². The number of rotatable bonds is 6. The van der Waals surface area contributed by atoms with Crippen LogP contribution in [0.4, 0.5) is 0 Å². The monoisotopic (exact) mass is 343 g/mol. The van der Waals surface area contributed by atoms with Gasteiger partial charge < -0.3 is 14.7 Å². The van der Waals surface area contributed by atoms with Gasteiger partial charge in [0.1, 0.15) is 5.75 Å². The molecule has 7 heteroatoms. The summed E-state index contributed by atoms with van der Waals surface area (Å²) in [5.41, 5.74) is 1.83. The van der Waals surface area contributed by atoms with E-state index in [0.717, 1.165) is 16.9 Å². The molecule has 1 saturated heterocycles. The third kappa shape index (κ3) is 3.50. The van der Waals surface area contributed by atoms with Gasteiger partial charge in [-0.25, -0.2) is 0 Å². The number of carboxylic acid groups (broad SMARTS) is 1. The zero-order chi connectivity index (χ0) is 18.0. The Morgan fingerprint density at radius 3 is 2.64 bits per heavy atom. The number of carboxylic acids is 1. The zero-order valence-electron chi connectivity index (χ0n) is 14.3. The van der Waals surface area contributed by atoms with Crippen molar-refractivity contribution in [1.82, 2.24) is 14.7 Å². The molecule has 0 unspecified atom stereocenters. The molecule has 1 aromatic heterocycles. The Morgan fingerprint density at radius 1 is 1.36 bits per heavy atom. The molecule has 7 nitrogen and oxygen atoms in total. The summed E-state index contributed by atoms with van der Waals surface area (Å²) in [4.78, 5) is 25.7. The molecular weight excluding hydrogens is 322 g/mol. The third-order valence-electron chi connectivity index (χ3n) is 4.62. The highest BCUT2D eigenvalue weighted by Crippen LogP contribution is 2.38. The number of ether oxygens (including phenoxy) is 1. The molecule has 0 radical (unpaired) electrons. The summed E-state index contributed by atoms with van der Waals surface area (Å²) in [5.74, 6) is -1.04. The fourth-order valence-corrected chi connectivity index (χ4v) is 3.32. The second-order valence-electron chi connectivity index (χ2n) is 6.23. The Balaban J connectivity index is 1.79. The van der Waals surface area contributed by atoms with E-state index in [1.165, 1.54) is 0 Å². The molecule has 1 fully saturated rings. The predicted molar refractivity (Wildman–Crippen MR) is 90.1 cm³/mol. The third-order valence-corrected chi connectivity index (χ3v) is 4.62. The highest BCUT2D eigenvalue weighted by molar-refractivity contribution is 5.87. The number of amides is 1. The SMILES string of the molecule is COc1ccc(CCN2C(=O)C[C@H](C(=O)O)[C@H]2c2cnn(C)c2)cc1. The minimum Gasteiger partial charge on any atom is -0.497 e. The lowest BCUT2D eigenvalue weighted by atomic mass is 9.96. The summed E-state index contributed by atoms with van der Waals surface area (Å²) in [6.07, 6.45) is 4.09. The van der Waals surface area contributed by atoms with Crippen molar-refractivity contribution in [2.24, 2.45) is 13.0 Å². The summed E-state index contributed by atoms with van der Waals surface area (Å²) < 4.78 is 6.77. The number of methoxy groups -OCH3 is 1. The van der Waals surface area contributed by atoms with E-state index in [0.29, 0.717) is 13.0 Å². The topological polar surface area (TPSA) is 84.7 Å². The van der Waals surface area contributed by atoms with Crippen LogP contribution in [0.3, 0.4) is 0 Å². The summed E-state index contributed by atoms with van der Waals surface area (Å²) >= 11 is 0. The van der Waals surface area contributed by atoms with Gasteiger partial charge in [-0.3, -0.25) is 14.3 Å². The molecule has 1 amide bonds. The van der Waals surface area contributed by atoms with Crippen LogP contribution >= 0.6 is 0 Å². The van der Waals surface area contributed by atoms with Crippen LogP contribution in [0.5, 0.6) is 5.75 Å². The molecule has 2 aromatic rings. The van der Waals surface area contributed by atoms with Crippen LogP contribution in [-0.4, -0.2) is 45.3 Å². The number of carbonyl (C=O) groups excluding carboxylic acids is 1. The van der Waals surface area contributed by atoms with Crippen molar-refractivity contribution in [3.63, 3.8) is 0 Å². The van der Waals surface area contributed by atoms with Crippen LogP contribution < -0.4 is 4.74 Å². The van der Waals surface area contributed by atoms with Crippen molar-refractivity contribution in [2.75, 3.05) is 13.7 Å². The first-order valence-electron chi connectivity index (χ1n) is 8.13. The number of likely N-dealkylation sites (tertiary alicyclic amines) is 1. The number of carbonyl (C=O) groups is 2. The average molecular weight is 343 g/mol. The van der Waals surface area contributed by atoms with E-state index in [1.807, 2.05) is 24.3 Å². The molecule has 25 heavy (non-hydrogen) atoms. The summed E-state index contributed by atoms with van der Waals surface area (Å²) in [6.45, 7) is 0.467. The van der Waals surface area contributed by atoms with Gasteiger partial charge in [-0.15, -0.1) is 0 Å². The van der Waals surface area contributed by atoms with Gasteiger partial charge in [-0.1, -0.05) is 12.1 Å². The largest absolute Gasteiger partial charge is 0.497 e. The average Bonchev–Trinajstić information content (AvgIpc) is 3.16. The van der Waals surface area contributed by atoms with E-state index in [9.17, 15) is 14.7 Å². The molecule has 1 N–H and O–H groups in total. The van der Waals surface area contributed by atoms with E-state index in [-0.39, 0.29) is 12.3 Å². The molecule has 1 aliphatic rings. The van der Waals surface area contributed by atoms with Crippen molar-refractivity contribution in [3.05, 3.63) is 47.8 Å². The first-order valence-corrected chi connectivity index (χ1v) is 8.13. The van der Waals surface area contributed by atoms with Crippen LogP contribution in [0.15, 0.2) is 36.7 Å². The van der Waals surface area contributed by atoms with Crippen LogP contribution in [0, 0.1) is 5.92 Å². The van der Waals surface area contributed by atoms with E-state index in [4.69, 9.17) is 4.74 Å². The van der Waals surface area contributed by atoms with Gasteiger partial charge in [0.2, 0.25) is 5.91 Å². The number of benzene rings is 1. The highest BCUT2D eigenvalue weighted by atomic mass is 16.5. The maximum Gasteiger partial charge on any atom is 0.309 e. The Morgan fingerprint density at radius 2 is 2.08 bits per heavy atom. The fourth-order valence-electron chi connectivity index (χ4n) is 3.32. The molecule has 1 aliphatic heterocycles. The van der Waals surface area contributed by atoms with Crippen molar-refractivity contribution in [3.8, 4) is 5.75 Å². The number of aromatic nitrogens is 2. The Kier molecular flexibility index (Phi) is 4.74. The lowest BCUT2D eigenvalue weighted by Crippen LogP contribution is -2.32. The number of hydrogen-bond acceptors (Lipinski definition) is 4. The Bertz CT molecular complexity index is 769. The molecule has 2 heterocycles. The fraction of sp³-hybridized carbons (Fsp3) is 0.389. The quantitative estimate of drug-likeness (QED) is 0.862. The maximum atomic E-state index is 12.4. The minimum atomic E-state index is -0.950. The van der Waals surface area contributed by atoms with E-state index >= 15 is 0 Å². The molecular formula is C18H21N3O4. The summed E-state index contributed by atoms with van der Waals surface area (Å²) in [7, 11) is 3.39. The number of hydrogen-bond donors (Lipinski definition) is 1. The first-order chi connectivity index (χ1) is 12.0. The lowest BCUT2D eigenvalue weighted by molar-refractivity contribution is -0.142. The zero-order valence-corrected chi connectivity index (χ0v) is 14.3. The number of aliphatic carboxylic acids is 1. The smallest absolute Gasteiger partial charge is 0.309 e. The van der Waals surface area contributed by atoms with Gasteiger partial charge in [0.25, 0.3) is 0 Å². The molecule has 3 rings (SSSR count). The lowest BCUT2D eigenvalue weighted by Gasteiger charge is -2.26. The molecule has 0 bridgehead atoms.